The van der Waals surface area contributed by atoms with Crippen LogP contribution in [0.3, 0.4) is 0 Å². The van der Waals surface area contributed by atoms with Crippen molar-refractivity contribution in [3.8, 4) is 0 Å². The molecule has 0 bridgehead atoms. The van der Waals surface area contributed by atoms with Crippen LogP contribution in [0.1, 0.15) is 20.8 Å². The molecule has 2 N–H and O–H groups in total. The number of carbonyl (C=O) groups excluding carboxylic acids is 1. The van der Waals surface area contributed by atoms with Crippen LogP contribution in [0.4, 0.5) is 0 Å². The van der Waals surface area contributed by atoms with E-state index >= 15 is 0 Å². The SMILES string of the molecule is CC(C)OCCS(=O)(=O)N1CCN(C(=O)[C@H](C)N)CC1. The number of nitrogens with two attached hydrogens (primary N) is 1. The predicted molar refractivity (Wildman–Crippen MR) is 76.7 cm³/mol. The van der Waals surface area contributed by atoms with Crippen LogP contribution in [0.25, 0.3) is 0 Å². The third kappa shape index (κ3) is 5.01. The van der Waals surface area contributed by atoms with Crippen molar-refractivity contribution >= 4 is 15.9 Å². The molecule has 1 saturated heterocycles. The summed E-state index contributed by atoms with van der Waals surface area (Å²) in [5.74, 6) is -0.155. The van der Waals surface area contributed by atoms with Gasteiger partial charge in [0.15, 0.2) is 0 Å². The minimum Gasteiger partial charge on any atom is -0.378 e. The molecule has 1 aliphatic heterocycles. The van der Waals surface area contributed by atoms with Gasteiger partial charge in [0.25, 0.3) is 0 Å². The zero-order valence-electron chi connectivity index (χ0n) is 12.4. The number of piperazine rings is 1. The van der Waals surface area contributed by atoms with Crippen molar-refractivity contribution in [1.82, 2.24) is 9.21 Å². The van der Waals surface area contributed by atoms with Crippen molar-refractivity contribution < 1.29 is 17.9 Å². The van der Waals surface area contributed by atoms with E-state index in [4.69, 9.17) is 10.5 Å². The van der Waals surface area contributed by atoms with E-state index in [0.717, 1.165) is 0 Å². The molecule has 118 valence electrons. The number of nitrogens with zero attached hydrogens (tertiary/aromatic N) is 2. The van der Waals surface area contributed by atoms with Gasteiger partial charge >= 0.3 is 0 Å². The smallest absolute Gasteiger partial charge is 0.239 e. The molecule has 1 aliphatic rings. The molecule has 7 nitrogen and oxygen atoms in total. The maximum atomic E-state index is 12.1. The Bertz CT molecular complexity index is 414. The normalized spacial score (nSPS) is 19.4. The first-order valence-corrected chi connectivity index (χ1v) is 8.48. The summed E-state index contributed by atoms with van der Waals surface area (Å²) >= 11 is 0. The molecule has 8 heteroatoms. The molecule has 0 saturated carbocycles. The Kier molecular flexibility index (Phi) is 6.38. The molecule has 1 fully saturated rings. The second-order valence-corrected chi connectivity index (χ2v) is 7.34. The molecule has 0 aromatic carbocycles. The molecular weight excluding hydrogens is 282 g/mol. The summed E-state index contributed by atoms with van der Waals surface area (Å²) < 4.78 is 30.9. The minimum absolute atomic E-state index is 0.0192. The highest BCUT2D eigenvalue weighted by Gasteiger charge is 2.29. The van der Waals surface area contributed by atoms with Gasteiger partial charge in [0.1, 0.15) is 0 Å². The molecule has 0 unspecified atom stereocenters. The van der Waals surface area contributed by atoms with Gasteiger partial charge in [-0.1, -0.05) is 0 Å². The van der Waals surface area contributed by atoms with Crippen LogP contribution in [0, 0.1) is 0 Å². The average molecular weight is 307 g/mol. The topological polar surface area (TPSA) is 92.9 Å². The first-order chi connectivity index (χ1) is 9.24. The lowest BCUT2D eigenvalue weighted by atomic mass is 10.2. The van der Waals surface area contributed by atoms with Gasteiger partial charge in [-0.3, -0.25) is 4.79 Å². The van der Waals surface area contributed by atoms with E-state index in [2.05, 4.69) is 0 Å². The van der Waals surface area contributed by atoms with E-state index in [1.54, 1.807) is 11.8 Å². The fourth-order valence-corrected chi connectivity index (χ4v) is 3.28. The van der Waals surface area contributed by atoms with Gasteiger partial charge in [-0.2, -0.15) is 4.31 Å². The van der Waals surface area contributed by atoms with Gasteiger partial charge in [0, 0.05) is 26.2 Å². The Morgan fingerprint density at radius 2 is 1.75 bits per heavy atom. The highest BCUT2D eigenvalue weighted by Crippen LogP contribution is 2.09. The van der Waals surface area contributed by atoms with Crippen LogP contribution in [0.2, 0.25) is 0 Å². The van der Waals surface area contributed by atoms with Crippen LogP contribution in [-0.4, -0.2) is 74.2 Å². The van der Waals surface area contributed by atoms with E-state index in [-0.39, 0.29) is 24.4 Å². The zero-order chi connectivity index (χ0) is 15.3. The van der Waals surface area contributed by atoms with Crippen LogP contribution in [0.5, 0.6) is 0 Å². The molecule has 0 aliphatic carbocycles. The van der Waals surface area contributed by atoms with Crippen LogP contribution < -0.4 is 5.73 Å². The maximum absolute atomic E-state index is 12.1. The Hall–Kier alpha value is -0.700. The lowest BCUT2D eigenvalue weighted by molar-refractivity contribution is -0.133. The third-order valence-electron chi connectivity index (χ3n) is 3.13. The van der Waals surface area contributed by atoms with Gasteiger partial charge in [0.2, 0.25) is 15.9 Å². The van der Waals surface area contributed by atoms with Gasteiger partial charge < -0.3 is 15.4 Å². The molecule has 0 aromatic rings. The number of sulfonamides is 1. The Labute approximate surface area is 121 Å². The third-order valence-corrected chi connectivity index (χ3v) is 4.96. The van der Waals surface area contributed by atoms with E-state index in [1.807, 2.05) is 13.8 Å². The van der Waals surface area contributed by atoms with E-state index in [0.29, 0.717) is 26.2 Å². The van der Waals surface area contributed by atoms with E-state index in [9.17, 15) is 13.2 Å². The van der Waals surface area contributed by atoms with Crippen molar-refractivity contribution in [2.75, 3.05) is 38.5 Å². The number of rotatable bonds is 6. The van der Waals surface area contributed by atoms with Crippen LogP contribution in [-0.2, 0) is 19.6 Å². The van der Waals surface area contributed by atoms with Crippen molar-refractivity contribution in [3.63, 3.8) is 0 Å². The monoisotopic (exact) mass is 307 g/mol. The lowest BCUT2D eigenvalue weighted by Gasteiger charge is -2.34. The minimum atomic E-state index is -3.31. The van der Waals surface area contributed by atoms with Crippen molar-refractivity contribution in [3.05, 3.63) is 0 Å². The summed E-state index contributed by atoms with van der Waals surface area (Å²) in [5, 5.41) is 0. The quantitative estimate of drug-likeness (QED) is 0.696. The number of amides is 1. The predicted octanol–water partition coefficient (Wildman–Crippen LogP) is -0.767. The van der Waals surface area contributed by atoms with Crippen molar-refractivity contribution in [2.45, 2.75) is 32.9 Å². The molecule has 1 amide bonds. The summed E-state index contributed by atoms with van der Waals surface area (Å²) in [7, 11) is -3.31. The van der Waals surface area contributed by atoms with Gasteiger partial charge in [-0.15, -0.1) is 0 Å². The zero-order valence-corrected chi connectivity index (χ0v) is 13.2. The fraction of sp³-hybridized carbons (Fsp3) is 0.917. The Morgan fingerprint density at radius 1 is 1.20 bits per heavy atom. The summed E-state index contributed by atoms with van der Waals surface area (Å²) in [6, 6.07) is -0.544. The van der Waals surface area contributed by atoms with E-state index < -0.39 is 16.1 Å². The number of hydrogen-bond acceptors (Lipinski definition) is 5. The van der Waals surface area contributed by atoms with Gasteiger partial charge in [-0.05, 0) is 20.8 Å². The molecular formula is C12H25N3O4S. The fourth-order valence-electron chi connectivity index (χ4n) is 1.99. The highest BCUT2D eigenvalue weighted by molar-refractivity contribution is 7.89. The Balaban J connectivity index is 2.46. The second kappa shape index (κ2) is 7.35. The first-order valence-electron chi connectivity index (χ1n) is 6.88. The van der Waals surface area contributed by atoms with Crippen molar-refractivity contribution in [2.24, 2.45) is 5.73 Å². The summed E-state index contributed by atoms with van der Waals surface area (Å²) in [6.07, 6.45) is 0.0192. The maximum Gasteiger partial charge on any atom is 0.239 e. The molecule has 20 heavy (non-hydrogen) atoms. The molecule has 1 heterocycles. The molecule has 1 atom stereocenters. The standard InChI is InChI=1S/C12H25N3O4S/c1-10(2)19-8-9-20(17,18)15-6-4-14(5-7-15)12(16)11(3)13/h10-11H,4-9,13H2,1-3H3/t11-/m0/s1. The number of carbonyl (C=O) groups is 1. The van der Waals surface area contributed by atoms with Crippen LogP contribution in [0.15, 0.2) is 0 Å². The number of hydrogen-bond donors (Lipinski definition) is 1. The molecule has 1 rings (SSSR count). The van der Waals surface area contributed by atoms with E-state index in [1.165, 1.54) is 4.31 Å². The molecule has 0 radical (unpaired) electrons. The first kappa shape index (κ1) is 17.4. The molecule has 0 aromatic heterocycles. The van der Waals surface area contributed by atoms with Crippen molar-refractivity contribution in [1.29, 1.82) is 0 Å². The Morgan fingerprint density at radius 3 is 2.20 bits per heavy atom. The largest absolute Gasteiger partial charge is 0.378 e. The summed E-state index contributed by atoms with van der Waals surface area (Å²) in [4.78, 5) is 13.3. The average Bonchev–Trinajstić information content (AvgIpc) is 2.37. The van der Waals surface area contributed by atoms with Crippen LogP contribution >= 0.6 is 0 Å². The number of ether oxygens (including phenoxy) is 1. The summed E-state index contributed by atoms with van der Waals surface area (Å²) in [6.45, 7) is 6.99. The lowest BCUT2D eigenvalue weighted by Crippen LogP contribution is -2.54. The van der Waals surface area contributed by atoms with Gasteiger partial charge in [0.05, 0.1) is 24.5 Å². The highest BCUT2D eigenvalue weighted by atomic mass is 32.2. The second-order valence-electron chi connectivity index (χ2n) is 5.25. The summed E-state index contributed by atoms with van der Waals surface area (Å²) in [5.41, 5.74) is 5.54. The molecule has 0 spiro atoms. The van der Waals surface area contributed by atoms with Gasteiger partial charge in [-0.25, -0.2) is 8.42 Å².